The molecule has 0 aliphatic carbocycles. The van der Waals surface area contributed by atoms with Crippen LogP contribution in [0.2, 0.25) is 15.1 Å². The van der Waals surface area contributed by atoms with Crippen molar-refractivity contribution in [2.45, 2.75) is 11.5 Å². The number of anilines is 1. The first kappa shape index (κ1) is 24.8. The highest BCUT2D eigenvalue weighted by atomic mass is 35.5. The predicted octanol–water partition coefficient (Wildman–Crippen LogP) is 5.09. The number of sulfonamides is 1. The van der Waals surface area contributed by atoms with Gasteiger partial charge in [0.05, 0.1) is 28.2 Å². The number of furan rings is 1. The number of rotatable bonds is 7. The van der Waals surface area contributed by atoms with Gasteiger partial charge in [0.1, 0.15) is 12.4 Å². The summed E-state index contributed by atoms with van der Waals surface area (Å²) in [4.78, 5) is 12.7. The molecule has 1 aromatic heterocycles. The van der Waals surface area contributed by atoms with Crippen molar-refractivity contribution in [3.8, 4) is 5.75 Å². The number of benzene rings is 2. The normalized spacial score (nSPS) is 14.7. The van der Waals surface area contributed by atoms with Gasteiger partial charge in [0.2, 0.25) is 10.0 Å². The van der Waals surface area contributed by atoms with E-state index in [9.17, 15) is 13.2 Å². The average Bonchev–Trinajstić information content (AvgIpc) is 3.28. The van der Waals surface area contributed by atoms with Crippen molar-refractivity contribution in [2.24, 2.45) is 0 Å². The smallest absolute Gasteiger partial charge is 0.291 e. The van der Waals surface area contributed by atoms with Gasteiger partial charge in [-0.15, -0.1) is 0 Å². The minimum absolute atomic E-state index is 0.0115. The number of amides is 1. The first-order chi connectivity index (χ1) is 16.2. The summed E-state index contributed by atoms with van der Waals surface area (Å²) in [6.45, 7) is 1.33. The van der Waals surface area contributed by atoms with Crippen LogP contribution in [0.4, 0.5) is 5.69 Å². The van der Waals surface area contributed by atoms with Crippen LogP contribution in [0.1, 0.15) is 16.3 Å². The van der Waals surface area contributed by atoms with Crippen LogP contribution in [0.5, 0.6) is 5.75 Å². The Labute approximate surface area is 211 Å². The van der Waals surface area contributed by atoms with E-state index in [4.69, 9.17) is 48.7 Å². The number of morpholine rings is 1. The lowest BCUT2D eigenvalue weighted by atomic mass is 10.3. The molecule has 0 saturated carbocycles. The molecule has 34 heavy (non-hydrogen) atoms. The number of hydrogen-bond acceptors (Lipinski definition) is 6. The van der Waals surface area contributed by atoms with Gasteiger partial charge in [-0.25, -0.2) is 8.42 Å². The maximum atomic E-state index is 12.7. The van der Waals surface area contributed by atoms with Crippen LogP contribution < -0.4 is 10.1 Å². The Kier molecular flexibility index (Phi) is 7.71. The highest BCUT2D eigenvalue weighted by Gasteiger charge is 2.26. The molecular weight excluding hydrogens is 527 g/mol. The zero-order valence-corrected chi connectivity index (χ0v) is 20.7. The lowest BCUT2D eigenvalue weighted by Gasteiger charge is -2.26. The maximum absolute atomic E-state index is 12.7. The number of nitrogens with one attached hydrogen (secondary N) is 1. The van der Waals surface area contributed by atoms with Crippen LogP contribution in [-0.4, -0.2) is 44.9 Å². The summed E-state index contributed by atoms with van der Waals surface area (Å²) in [6, 6.07) is 12.0. The maximum Gasteiger partial charge on any atom is 0.291 e. The first-order valence-corrected chi connectivity index (χ1v) is 12.7. The molecule has 0 radical (unpaired) electrons. The van der Waals surface area contributed by atoms with E-state index in [1.54, 1.807) is 6.07 Å². The van der Waals surface area contributed by atoms with Crippen molar-refractivity contribution in [1.29, 1.82) is 0 Å². The number of ether oxygens (including phenoxy) is 2. The minimum atomic E-state index is -3.61. The Morgan fingerprint density at radius 3 is 2.29 bits per heavy atom. The molecule has 1 amide bonds. The molecular formula is C22H19Cl3N2O6S. The van der Waals surface area contributed by atoms with E-state index in [1.807, 2.05) is 0 Å². The molecule has 1 aliphatic rings. The van der Waals surface area contributed by atoms with Gasteiger partial charge in [0.15, 0.2) is 11.5 Å². The van der Waals surface area contributed by atoms with E-state index in [0.29, 0.717) is 42.8 Å². The van der Waals surface area contributed by atoms with Gasteiger partial charge in [0, 0.05) is 23.8 Å². The van der Waals surface area contributed by atoms with E-state index in [2.05, 4.69) is 5.32 Å². The van der Waals surface area contributed by atoms with Crippen LogP contribution in [-0.2, 0) is 21.4 Å². The van der Waals surface area contributed by atoms with E-state index in [-0.39, 0.29) is 33.1 Å². The summed E-state index contributed by atoms with van der Waals surface area (Å²) >= 11 is 18.1. The third-order valence-electron chi connectivity index (χ3n) is 4.93. The van der Waals surface area contributed by atoms with Crippen molar-refractivity contribution in [3.63, 3.8) is 0 Å². The van der Waals surface area contributed by atoms with Crippen molar-refractivity contribution in [3.05, 3.63) is 75.1 Å². The molecule has 2 aromatic carbocycles. The van der Waals surface area contributed by atoms with Gasteiger partial charge in [-0.3, -0.25) is 4.79 Å². The Balaban J connectivity index is 1.37. The van der Waals surface area contributed by atoms with Crippen molar-refractivity contribution >= 4 is 56.4 Å². The molecule has 8 nitrogen and oxygen atoms in total. The lowest BCUT2D eigenvalue weighted by Crippen LogP contribution is -2.40. The van der Waals surface area contributed by atoms with Crippen molar-refractivity contribution in [2.75, 3.05) is 31.6 Å². The van der Waals surface area contributed by atoms with Crippen LogP contribution in [0, 0.1) is 0 Å². The molecule has 0 unspecified atom stereocenters. The van der Waals surface area contributed by atoms with E-state index in [0.717, 1.165) is 0 Å². The molecule has 0 bridgehead atoms. The fourth-order valence-corrected chi connectivity index (χ4v) is 5.56. The Morgan fingerprint density at radius 2 is 1.65 bits per heavy atom. The average molecular weight is 546 g/mol. The van der Waals surface area contributed by atoms with Gasteiger partial charge in [-0.05, 0) is 48.5 Å². The van der Waals surface area contributed by atoms with Crippen LogP contribution >= 0.6 is 34.8 Å². The second-order valence-corrected chi connectivity index (χ2v) is 10.4. The van der Waals surface area contributed by atoms with Gasteiger partial charge < -0.3 is 19.2 Å². The topological polar surface area (TPSA) is 98.1 Å². The largest absolute Gasteiger partial charge is 0.483 e. The second kappa shape index (κ2) is 10.6. The molecule has 0 spiro atoms. The quantitative estimate of drug-likeness (QED) is 0.444. The van der Waals surface area contributed by atoms with E-state index < -0.39 is 15.9 Å². The Morgan fingerprint density at radius 1 is 1.00 bits per heavy atom. The number of halogens is 3. The summed E-state index contributed by atoms with van der Waals surface area (Å²) < 4.78 is 43.1. The van der Waals surface area contributed by atoms with Crippen molar-refractivity contribution < 1.29 is 27.1 Å². The molecule has 1 aliphatic heterocycles. The zero-order valence-electron chi connectivity index (χ0n) is 17.6. The highest BCUT2D eigenvalue weighted by molar-refractivity contribution is 7.89. The molecule has 1 fully saturated rings. The molecule has 0 atom stereocenters. The number of nitrogens with zero attached hydrogens (tertiary/aromatic N) is 1. The molecule has 4 rings (SSSR count). The molecule has 1 saturated heterocycles. The third kappa shape index (κ3) is 5.68. The van der Waals surface area contributed by atoms with Gasteiger partial charge in [0.25, 0.3) is 5.91 Å². The number of hydrogen-bond donors (Lipinski definition) is 1. The summed E-state index contributed by atoms with van der Waals surface area (Å²) in [7, 11) is -3.61. The van der Waals surface area contributed by atoms with Crippen molar-refractivity contribution in [1.82, 2.24) is 4.31 Å². The predicted molar refractivity (Wildman–Crippen MR) is 128 cm³/mol. The van der Waals surface area contributed by atoms with E-state index in [1.165, 1.54) is 46.8 Å². The zero-order chi connectivity index (χ0) is 24.3. The summed E-state index contributed by atoms with van der Waals surface area (Å²) in [5.74, 6) is 0.177. The van der Waals surface area contributed by atoms with Crippen LogP contribution in [0.25, 0.3) is 0 Å². The Hall–Kier alpha value is -2.27. The van der Waals surface area contributed by atoms with Crippen LogP contribution in [0.15, 0.2) is 57.8 Å². The molecule has 1 N–H and O–H groups in total. The number of carbonyl (C=O) groups is 1. The van der Waals surface area contributed by atoms with E-state index >= 15 is 0 Å². The fraction of sp³-hybridized carbons (Fsp3) is 0.227. The molecule has 180 valence electrons. The SMILES string of the molecule is O=C(Nc1ccc(S(=O)(=O)N2CCOCC2)cc1)c1ccc(COc2c(Cl)cc(Cl)cc2Cl)o1. The Bertz CT molecular complexity index is 1270. The summed E-state index contributed by atoms with van der Waals surface area (Å²) in [6.07, 6.45) is 0. The molecule has 3 aromatic rings. The van der Waals surface area contributed by atoms with Gasteiger partial charge in [-0.2, -0.15) is 4.31 Å². The standard InChI is InChI=1S/C22H19Cl3N2O6S/c23-14-11-18(24)21(19(25)12-14)32-13-16-3-6-20(33-16)22(28)26-15-1-4-17(5-2-15)34(29,30)27-7-9-31-10-8-27/h1-6,11-12H,7-10,13H2,(H,26,28). The highest BCUT2D eigenvalue weighted by Crippen LogP contribution is 2.36. The van der Waals surface area contributed by atoms with Gasteiger partial charge in [-0.1, -0.05) is 34.8 Å². The monoisotopic (exact) mass is 544 g/mol. The van der Waals surface area contributed by atoms with Crippen LogP contribution in [0.3, 0.4) is 0 Å². The third-order valence-corrected chi connectivity index (χ3v) is 7.62. The fourth-order valence-electron chi connectivity index (χ4n) is 3.23. The molecule has 2 heterocycles. The lowest BCUT2D eigenvalue weighted by molar-refractivity contribution is 0.0730. The summed E-state index contributed by atoms with van der Waals surface area (Å²) in [5, 5.41) is 3.55. The first-order valence-electron chi connectivity index (χ1n) is 10.1. The minimum Gasteiger partial charge on any atom is -0.483 e. The summed E-state index contributed by atoms with van der Waals surface area (Å²) in [5.41, 5.74) is 0.417. The second-order valence-electron chi connectivity index (χ2n) is 7.25. The molecule has 12 heteroatoms. The number of carbonyl (C=O) groups excluding carboxylic acids is 1. The van der Waals surface area contributed by atoms with Gasteiger partial charge >= 0.3 is 0 Å².